The molecule has 0 aromatic carbocycles. The Morgan fingerprint density at radius 3 is 1.33 bits per heavy atom. The highest BCUT2D eigenvalue weighted by Crippen LogP contribution is 1.87. The fourth-order valence-corrected chi connectivity index (χ4v) is 0.958. The highest BCUT2D eigenvalue weighted by atomic mass is 14.9. The van der Waals surface area contributed by atoms with Crippen molar-refractivity contribution in [1.29, 1.82) is 0 Å². The lowest BCUT2D eigenvalue weighted by atomic mass is 10.2. The van der Waals surface area contributed by atoms with Crippen LogP contribution in [0.2, 0.25) is 0 Å². The first kappa shape index (κ1) is 11.9. The molecule has 0 aromatic rings. The Morgan fingerprint density at radius 2 is 1.08 bits per heavy atom. The van der Waals surface area contributed by atoms with Gasteiger partial charge in [-0.05, 0) is 24.9 Å². The molecule has 0 heterocycles. The van der Waals surface area contributed by atoms with E-state index in [4.69, 9.17) is 0 Å². The van der Waals surface area contributed by atoms with Gasteiger partial charge in [-0.2, -0.15) is 0 Å². The third-order valence-electron chi connectivity index (χ3n) is 1.58. The summed E-state index contributed by atoms with van der Waals surface area (Å²) in [6.07, 6.45) is 0. The Labute approximate surface area is 77.1 Å². The van der Waals surface area contributed by atoms with Crippen molar-refractivity contribution in [3.8, 4) is 0 Å². The van der Waals surface area contributed by atoms with Crippen molar-refractivity contribution in [2.24, 2.45) is 11.8 Å². The van der Waals surface area contributed by atoms with E-state index < -0.39 is 0 Å². The fraction of sp³-hybridized carbons (Fsp3) is 1.00. The van der Waals surface area contributed by atoms with E-state index >= 15 is 0 Å². The standard InChI is InChI=1S/C10H24N2/c1-9(2)7-11-5-6-12-8-10(3)4/h9-12H,5-8H2,1-4H3. The van der Waals surface area contributed by atoms with Crippen LogP contribution in [-0.2, 0) is 0 Å². The predicted molar refractivity (Wildman–Crippen MR) is 55.4 cm³/mol. The van der Waals surface area contributed by atoms with Crippen LogP contribution in [0, 0.1) is 11.8 Å². The zero-order chi connectivity index (χ0) is 9.40. The highest BCUT2D eigenvalue weighted by molar-refractivity contribution is 4.55. The van der Waals surface area contributed by atoms with Crippen molar-refractivity contribution >= 4 is 0 Å². The largest absolute Gasteiger partial charge is 0.315 e. The number of rotatable bonds is 7. The van der Waals surface area contributed by atoms with E-state index in [1.807, 2.05) is 0 Å². The molecule has 0 aromatic heterocycles. The van der Waals surface area contributed by atoms with Crippen molar-refractivity contribution in [1.82, 2.24) is 10.6 Å². The molecular weight excluding hydrogens is 148 g/mol. The summed E-state index contributed by atoms with van der Waals surface area (Å²) in [6, 6.07) is 0. The first-order valence-corrected chi connectivity index (χ1v) is 5.04. The van der Waals surface area contributed by atoms with E-state index in [0.717, 1.165) is 38.0 Å². The van der Waals surface area contributed by atoms with Crippen molar-refractivity contribution in [3.63, 3.8) is 0 Å². The Morgan fingerprint density at radius 1 is 0.750 bits per heavy atom. The number of hydrogen-bond donors (Lipinski definition) is 2. The van der Waals surface area contributed by atoms with E-state index in [1.54, 1.807) is 0 Å². The van der Waals surface area contributed by atoms with Gasteiger partial charge in [0.05, 0.1) is 0 Å². The predicted octanol–water partition coefficient (Wildman–Crippen LogP) is 1.48. The minimum absolute atomic E-state index is 0.759. The first-order chi connectivity index (χ1) is 5.63. The molecule has 0 fully saturated rings. The van der Waals surface area contributed by atoms with E-state index in [-0.39, 0.29) is 0 Å². The summed E-state index contributed by atoms with van der Waals surface area (Å²) in [5.74, 6) is 1.52. The molecule has 0 rings (SSSR count). The van der Waals surface area contributed by atoms with Crippen LogP contribution in [0.3, 0.4) is 0 Å². The molecule has 2 heteroatoms. The van der Waals surface area contributed by atoms with Gasteiger partial charge in [0.2, 0.25) is 0 Å². The van der Waals surface area contributed by atoms with Crippen LogP contribution in [0.1, 0.15) is 27.7 Å². The van der Waals surface area contributed by atoms with E-state index in [1.165, 1.54) is 0 Å². The SMILES string of the molecule is CC(C)CNCCNCC(C)C. The summed E-state index contributed by atoms with van der Waals surface area (Å²) in [7, 11) is 0. The number of hydrogen-bond acceptors (Lipinski definition) is 2. The normalized spacial score (nSPS) is 11.5. The molecule has 0 atom stereocenters. The van der Waals surface area contributed by atoms with Gasteiger partial charge in [-0.3, -0.25) is 0 Å². The lowest BCUT2D eigenvalue weighted by molar-refractivity contribution is 0.509. The smallest absolute Gasteiger partial charge is 0.00768 e. The summed E-state index contributed by atoms with van der Waals surface area (Å²) >= 11 is 0. The Balaban J connectivity index is 2.91. The van der Waals surface area contributed by atoms with Gasteiger partial charge in [0, 0.05) is 13.1 Å². The van der Waals surface area contributed by atoms with Crippen LogP contribution in [-0.4, -0.2) is 26.2 Å². The zero-order valence-corrected chi connectivity index (χ0v) is 8.98. The average Bonchev–Trinajstić information content (AvgIpc) is 1.95. The minimum atomic E-state index is 0.759. The minimum Gasteiger partial charge on any atom is -0.315 e. The molecular formula is C10H24N2. The molecule has 2 N–H and O–H groups in total. The molecule has 0 bridgehead atoms. The van der Waals surface area contributed by atoms with E-state index in [9.17, 15) is 0 Å². The third kappa shape index (κ3) is 9.92. The van der Waals surface area contributed by atoms with Gasteiger partial charge < -0.3 is 10.6 Å². The monoisotopic (exact) mass is 172 g/mol. The lowest BCUT2D eigenvalue weighted by Gasteiger charge is -2.09. The summed E-state index contributed by atoms with van der Waals surface area (Å²) in [4.78, 5) is 0. The van der Waals surface area contributed by atoms with Crippen LogP contribution in [0.25, 0.3) is 0 Å². The quantitative estimate of drug-likeness (QED) is 0.568. The molecule has 0 aliphatic rings. The van der Waals surface area contributed by atoms with Crippen LogP contribution in [0.15, 0.2) is 0 Å². The van der Waals surface area contributed by atoms with Gasteiger partial charge >= 0.3 is 0 Å². The maximum atomic E-state index is 3.40. The Kier molecular flexibility index (Phi) is 7.51. The molecule has 0 aliphatic heterocycles. The molecule has 0 saturated carbocycles. The number of nitrogens with one attached hydrogen (secondary N) is 2. The molecule has 74 valence electrons. The molecule has 2 nitrogen and oxygen atoms in total. The van der Waals surface area contributed by atoms with Crippen molar-refractivity contribution < 1.29 is 0 Å². The van der Waals surface area contributed by atoms with Crippen molar-refractivity contribution in [2.75, 3.05) is 26.2 Å². The van der Waals surface area contributed by atoms with Crippen LogP contribution >= 0.6 is 0 Å². The summed E-state index contributed by atoms with van der Waals surface area (Å²) in [5, 5.41) is 6.79. The highest BCUT2D eigenvalue weighted by Gasteiger charge is 1.93. The molecule has 0 aliphatic carbocycles. The molecule has 0 amide bonds. The third-order valence-corrected chi connectivity index (χ3v) is 1.58. The maximum Gasteiger partial charge on any atom is 0.00768 e. The molecule has 0 radical (unpaired) electrons. The van der Waals surface area contributed by atoms with Gasteiger partial charge in [-0.15, -0.1) is 0 Å². The Bertz CT molecular complexity index is 77.8. The topological polar surface area (TPSA) is 24.1 Å². The van der Waals surface area contributed by atoms with Gasteiger partial charge in [-0.25, -0.2) is 0 Å². The second kappa shape index (κ2) is 7.56. The molecule has 0 spiro atoms. The van der Waals surface area contributed by atoms with Gasteiger partial charge in [0.25, 0.3) is 0 Å². The fourth-order valence-electron chi connectivity index (χ4n) is 0.958. The summed E-state index contributed by atoms with van der Waals surface area (Å²) < 4.78 is 0. The zero-order valence-electron chi connectivity index (χ0n) is 8.98. The van der Waals surface area contributed by atoms with Crippen molar-refractivity contribution in [3.05, 3.63) is 0 Å². The molecule has 0 saturated heterocycles. The van der Waals surface area contributed by atoms with Gasteiger partial charge in [0.1, 0.15) is 0 Å². The maximum absolute atomic E-state index is 3.40. The second-order valence-electron chi connectivity index (χ2n) is 4.20. The molecule has 12 heavy (non-hydrogen) atoms. The summed E-state index contributed by atoms with van der Waals surface area (Å²) in [6.45, 7) is 13.4. The van der Waals surface area contributed by atoms with Crippen LogP contribution < -0.4 is 10.6 Å². The Hall–Kier alpha value is -0.0800. The first-order valence-electron chi connectivity index (χ1n) is 5.04. The van der Waals surface area contributed by atoms with Crippen LogP contribution in [0.5, 0.6) is 0 Å². The van der Waals surface area contributed by atoms with Crippen LogP contribution in [0.4, 0.5) is 0 Å². The average molecular weight is 172 g/mol. The second-order valence-corrected chi connectivity index (χ2v) is 4.20. The summed E-state index contributed by atoms with van der Waals surface area (Å²) in [5.41, 5.74) is 0. The van der Waals surface area contributed by atoms with Gasteiger partial charge in [0.15, 0.2) is 0 Å². The molecule has 0 unspecified atom stereocenters. The lowest BCUT2D eigenvalue weighted by Crippen LogP contribution is -2.31. The van der Waals surface area contributed by atoms with Crippen molar-refractivity contribution in [2.45, 2.75) is 27.7 Å². The van der Waals surface area contributed by atoms with E-state index in [2.05, 4.69) is 38.3 Å². The van der Waals surface area contributed by atoms with Gasteiger partial charge in [-0.1, -0.05) is 27.7 Å². The van der Waals surface area contributed by atoms with E-state index in [0.29, 0.717) is 0 Å².